The number of carbonyl (C=O) groups is 1. The van der Waals surface area contributed by atoms with Gasteiger partial charge in [0.15, 0.2) is 11.4 Å². The number of aryl methyl sites for hydroxylation is 1. The minimum Gasteiger partial charge on any atom is -0.298 e. The van der Waals surface area contributed by atoms with Gasteiger partial charge in [0, 0.05) is 6.20 Å². The third-order valence-corrected chi connectivity index (χ3v) is 2.08. The lowest BCUT2D eigenvalue weighted by Crippen LogP contribution is -1.98. The summed E-state index contributed by atoms with van der Waals surface area (Å²) in [6.07, 6.45) is 5.05. The third-order valence-electron chi connectivity index (χ3n) is 1.52. The van der Waals surface area contributed by atoms with Crippen molar-refractivity contribution in [2.75, 3.05) is 6.26 Å². The van der Waals surface area contributed by atoms with Crippen LogP contribution in [0, 0.1) is 0 Å². The molecule has 0 spiro atoms. The Labute approximate surface area is 75.6 Å². The zero-order chi connectivity index (χ0) is 8.97. The Morgan fingerprint density at radius 1 is 1.67 bits per heavy atom. The minimum absolute atomic E-state index is 0.593. The van der Waals surface area contributed by atoms with Gasteiger partial charge in [0.25, 0.3) is 0 Å². The molecule has 1 aromatic rings. The maximum atomic E-state index is 10.5. The zero-order valence-electron chi connectivity index (χ0n) is 7.07. The molecule has 0 radical (unpaired) electrons. The highest BCUT2D eigenvalue weighted by molar-refractivity contribution is 7.98. The van der Waals surface area contributed by atoms with Crippen LogP contribution in [0.4, 0.5) is 0 Å². The van der Waals surface area contributed by atoms with E-state index < -0.39 is 0 Å². The van der Waals surface area contributed by atoms with Gasteiger partial charge in [-0.25, -0.2) is 9.97 Å². The summed E-state index contributed by atoms with van der Waals surface area (Å²) in [5.41, 5.74) is 1.42. The fraction of sp³-hybridized carbons (Fsp3) is 0.375. The topological polar surface area (TPSA) is 42.9 Å². The Kier molecular flexibility index (Phi) is 3.22. The summed E-state index contributed by atoms with van der Waals surface area (Å²) < 4.78 is 0. The van der Waals surface area contributed by atoms with Gasteiger partial charge in [-0.05, 0) is 12.7 Å². The van der Waals surface area contributed by atoms with Gasteiger partial charge in [-0.3, -0.25) is 4.79 Å². The summed E-state index contributed by atoms with van der Waals surface area (Å²) in [6, 6.07) is 0. The van der Waals surface area contributed by atoms with E-state index in [4.69, 9.17) is 0 Å². The Hall–Kier alpha value is -0.900. The van der Waals surface area contributed by atoms with E-state index in [0.717, 1.165) is 23.6 Å². The first-order valence-corrected chi connectivity index (χ1v) is 4.89. The second-order valence-electron chi connectivity index (χ2n) is 2.23. The maximum Gasteiger partial charge on any atom is 0.187 e. The summed E-state index contributed by atoms with van der Waals surface area (Å²) in [5, 5.41) is 0.720. The zero-order valence-corrected chi connectivity index (χ0v) is 7.89. The molecule has 0 N–H and O–H groups in total. The van der Waals surface area contributed by atoms with Crippen LogP contribution in [-0.4, -0.2) is 22.5 Å². The van der Waals surface area contributed by atoms with Crippen LogP contribution < -0.4 is 0 Å². The number of hydrogen-bond donors (Lipinski definition) is 0. The molecule has 0 saturated carbocycles. The molecule has 0 aliphatic heterocycles. The third kappa shape index (κ3) is 1.82. The molecule has 12 heavy (non-hydrogen) atoms. The van der Waals surface area contributed by atoms with E-state index in [1.807, 2.05) is 13.2 Å². The molecule has 1 rings (SSSR count). The van der Waals surface area contributed by atoms with Crippen molar-refractivity contribution in [2.45, 2.75) is 18.5 Å². The van der Waals surface area contributed by atoms with Crippen LogP contribution in [0.1, 0.15) is 23.0 Å². The lowest BCUT2D eigenvalue weighted by Gasteiger charge is -2.00. The van der Waals surface area contributed by atoms with Gasteiger partial charge in [0.05, 0.1) is 11.3 Å². The van der Waals surface area contributed by atoms with Crippen molar-refractivity contribution in [3.8, 4) is 0 Å². The van der Waals surface area contributed by atoms with E-state index in [1.54, 1.807) is 6.20 Å². The summed E-state index contributed by atoms with van der Waals surface area (Å²) in [6.45, 7) is 1.97. The van der Waals surface area contributed by atoms with Crippen LogP contribution in [-0.2, 0) is 6.42 Å². The average molecular weight is 182 g/mol. The van der Waals surface area contributed by atoms with Crippen LogP contribution in [0.5, 0.6) is 0 Å². The van der Waals surface area contributed by atoms with Gasteiger partial charge in [-0.15, -0.1) is 0 Å². The molecule has 0 saturated heterocycles. The Bertz CT molecular complexity index is 288. The van der Waals surface area contributed by atoms with Gasteiger partial charge >= 0.3 is 0 Å². The molecule has 0 aliphatic carbocycles. The lowest BCUT2D eigenvalue weighted by molar-refractivity contribution is 0.112. The molecule has 0 aromatic carbocycles. The molecule has 4 heteroatoms. The second-order valence-corrected chi connectivity index (χ2v) is 3.00. The highest BCUT2D eigenvalue weighted by Gasteiger charge is 2.02. The Balaban J connectivity index is 3.10. The fourth-order valence-electron chi connectivity index (χ4n) is 0.888. The van der Waals surface area contributed by atoms with Gasteiger partial charge in [0.1, 0.15) is 0 Å². The SMILES string of the molecule is CCc1nc(SC)ncc1C=O. The Morgan fingerprint density at radius 3 is 2.92 bits per heavy atom. The summed E-state index contributed by atoms with van der Waals surface area (Å²) in [7, 11) is 0. The van der Waals surface area contributed by atoms with Crippen LogP contribution in [0.3, 0.4) is 0 Å². The van der Waals surface area contributed by atoms with Gasteiger partial charge in [-0.1, -0.05) is 18.7 Å². The van der Waals surface area contributed by atoms with Crippen molar-refractivity contribution in [1.82, 2.24) is 9.97 Å². The van der Waals surface area contributed by atoms with E-state index in [1.165, 1.54) is 11.8 Å². The maximum absolute atomic E-state index is 10.5. The Morgan fingerprint density at radius 2 is 2.42 bits per heavy atom. The number of nitrogens with zero attached hydrogens (tertiary/aromatic N) is 2. The predicted octanol–water partition coefficient (Wildman–Crippen LogP) is 1.57. The molecule has 1 heterocycles. The fourth-order valence-corrected chi connectivity index (χ4v) is 1.25. The summed E-state index contributed by atoms with van der Waals surface area (Å²) in [4.78, 5) is 18.7. The smallest absolute Gasteiger partial charge is 0.187 e. The number of aromatic nitrogens is 2. The van der Waals surface area contributed by atoms with Crippen molar-refractivity contribution >= 4 is 18.0 Å². The van der Waals surface area contributed by atoms with E-state index in [0.29, 0.717) is 5.56 Å². The van der Waals surface area contributed by atoms with Crippen molar-refractivity contribution in [3.63, 3.8) is 0 Å². The number of thioether (sulfide) groups is 1. The molecule has 3 nitrogen and oxygen atoms in total. The standard InChI is InChI=1S/C8H10N2OS/c1-3-7-6(5-11)4-9-8(10-7)12-2/h4-5H,3H2,1-2H3. The molecule has 0 unspecified atom stereocenters. The van der Waals surface area contributed by atoms with Crippen molar-refractivity contribution in [3.05, 3.63) is 17.5 Å². The number of carbonyl (C=O) groups excluding carboxylic acids is 1. The molecule has 0 bridgehead atoms. The average Bonchev–Trinajstić information content (AvgIpc) is 2.16. The highest BCUT2D eigenvalue weighted by atomic mass is 32.2. The molecular weight excluding hydrogens is 172 g/mol. The van der Waals surface area contributed by atoms with Gasteiger partial charge in [-0.2, -0.15) is 0 Å². The summed E-state index contributed by atoms with van der Waals surface area (Å²) >= 11 is 1.48. The molecular formula is C8H10N2OS. The largest absolute Gasteiger partial charge is 0.298 e. The molecule has 0 amide bonds. The number of aldehydes is 1. The normalized spacial score (nSPS) is 9.83. The van der Waals surface area contributed by atoms with Crippen molar-refractivity contribution < 1.29 is 4.79 Å². The van der Waals surface area contributed by atoms with E-state index in [-0.39, 0.29) is 0 Å². The quantitative estimate of drug-likeness (QED) is 0.404. The monoisotopic (exact) mass is 182 g/mol. The lowest BCUT2D eigenvalue weighted by atomic mass is 10.2. The molecule has 0 atom stereocenters. The first-order valence-electron chi connectivity index (χ1n) is 3.67. The number of rotatable bonds is 3. The summed E-state index contributed by atoms with van der Waals surface area (Å²) in [5.74, 6) is 0. The first kappa shape index (κ1) is 9.19. The van der Waals surface area contributed by atoms with E-state index in [9.17, 15) is 4.79 Å². The molecule has 64 valence electrons. The molecule has 1 aromatic heterocycles. The molecule has 0 fully saturated rings. The second kappa shape index (κ2) is 4.21. The highest BCUT2D eigenvalue weighted by Crippen LogP contribution is 2.10. The molecule has 0 aliphatic rings. The van der Waals surface area contributed by atoms with Crippen LogP contribution in [0.15, 0.2) is 11.4 Å². The first-order chi connectivity index (χ1) is 5.81. The van der Waals surface area contributed by atoms with Gasteiger partial charge < -0.3 is 0 Å². The van der Waals surface area contributed by atoms with Crippen molar-refractivity contribution in [2.24, 2.45) is 0 Å². The number of hydrogen-bond acceptors (Lipinski definition) is 4. The van der Waals surface area contributed by atoms with E-state index >= 15 is 0 Å². The minimum atomic E-state index is 0.593. The van der Waals surface area contributed by atoms with Crippen LogP contribution >= 0.6 is 11.8 Å². The van der Waals surface area contributed by atoms with Crippen molar-refractivity contribution in [1.29, 1.82) is 0 Å². The van der Waals surface area contributed by atoms with Gasteiger partial charge in [0.2, 0.25) is 0 Å². The predicted molar refractivity (Wildman–Crippen MR) is 48.6 cm³/mol. The van der Waals surface area contributed by atoms with Crippen LogP contribution in [0.2, 0.25) is 0 Å². The van der Waals surface area contributed by atoms with Crippen LogP contribution in [0.25, 0.3) is 0 Å². The van der Waals surface area contributed by atoms with E-state index in [2.05, 4.69) is 9.97 Å².